The lowest BCUT2D eigenvalue weighted by Crippen LogP contribution is -2.21. The summed E-state index contributed by atoms with van der Waals surface area (Å²) < 4.78 is 5.11. The van der Waals surface area contributed by atoms with E-state index in [0.29, 0.717) is 12.3 Å². The van der Waals surface area contributed by atoms with Crippen LogP contribution in [0.4, 0.5) is 0 Å². The van der Waals surface area contributed by atoms with E-state index in [9.17, 15) is 4.79 Å². The van der Waals surface area contributed by atoms with E-state index in [0.717, 1.165) is 5.56 Å². The van der Waals surface area contributed by atoms with Gasteiger partial charge in [0, 0.05) is 0 Å². The highest BCUT2D eigenvalue weighted by molar-refractivity contribution is 5.75. The number of carbonyl (C=O) groups is 1. The molecule has 0 aliphatic carbocycles. The third kappa shape index (κ3) is 4.17. The molecular formula is C13H13N3O2. The number of ether oxygens (including phenoxy) is 1. The van der Waals surface area contributed by atoms with Crippen LogP contribution in [0, 0.1) is 23.7 Å². The SMILES string of the molecule is C#CCNC(C#N)c1ccc(OCC(N)=O)cc1. The van der Waals surface area contributed by atoms with Crippen LogP contribution < -0.4 is 15.8 Å². The maximum Gasteiger partial charge on any atom is 0.255 e. The van der Waals surface area contributed by atoms with Crippen molar-refractivity contribution >= 4 is 5.91 Å². The molecule has 1 atom stereocenters. The maximum atomic E-state index is 10.5. The van der Waals surface area contributed by atoms with Crippen molar-refractivity contribution in [3.05, 3.63) is 29.8 Å². The number of primary amides is 1. The predicted molar refractivity (Wildman–Crippen MR) is 66.3 cm³/mol. The summed E-state index contributed by atoms with van der Waals surface area (Å²) in [5.74, 6) is 2.39. The molecule has 1 aromatic carbocycles. The fraction of sp³-hybridized carbons (Fsp3) is 0.231. The Balaban J connectivity index is 2.66. The standard InChI is InChI=1S/C13H13N3O2/c1-2-7-16-12(8-14)10-3-5-11(6-4-10)18-9-13(15)17/h1,3-6,12,16H,7,9H2,(H2,15,17). The zero-order valence-corrected chi connectivity index (χ0v) is 9.72. The number of rotatable bonds is 6. The van der Waals surface area contributed by atoms with Crippen LogP contribution in [0.2, 0.25) is 0 Å². The highest BCUT2D eigenvalue weighted by atomic mass is 16.5. The fourth-order valence-electron chi connectivity index (χ4n) is 1.31. The zero-order chi connectivity index (χ0) is 13.4. The fourth-order valence-corrected chi connectivity index (χ4v) is 1.31. The molecule has 92 valence electrons. The Morgan fingerprint density at radius 1 is 1.50 bits per heavy atom. The number of amides is 1. The molecule has 0 spiro atoms. The van der Waals surface area contributed by atoms with E-state index in [1.807, 2.05) is 0 Å². The molecule has 1 unspecified atom stereocenters. The van der Waals surface area contributed by atoms with E-state index in [2.05, 4.69) is 17.3 Å². The van der Waals surface area contributed by atoms with Gasteiger partial charge in [0.2, 0.25) is 0 Å². The van der Waals surface area contributed by atoms with Gasteiger partial charge >= 0.3 is 0 Å². The molecule has 1 aromatic rings. The number of hydrogen-bond donors (Lipinski definition) is 2. The molecule has 0 saturated heterocycles. The summed E-state index contributed by atoms with van der Waals surface area (Å²) in [5, 5.41) is 11.9. The molecule has 0 aliphatic rings. The Labute approximate surface area is 106 Å². The van der Waals surface area contributed by atoms with Crippen molar-refractivity contribution in [2.75, 3.05) is 13.2 Å². The quantitative estimate of drug-likeness (QED) is 0.705. The first-order valence-corrected chi connectivity index (χ1v) is 5.25. The molecular weight excluding hydrogens is 230 g/mol. The van der Waals surface area contributed by atoms with E-state index in [1.165, 1.54) is 0 Å². The first kappa shape index (κ1) is 13.6. The second kappa shape index (κ2) is 6.95. The summed E-state index contributed by atoms with van der Waals surface area (Å²) in [6, 6.07) is 8.43. The molecule has 0 bridgehead atoms. The van der Waals surface area contributed by atoms with E-state index in [4.69, 9.17) is 22.2 Å². The van der Waals surface area contributed by atoms with Gasteiger partial charge in [-0.1, -0.05) is 18.1 Å². The first-order chi connectivity index (χ1) is 8.67. The second-order valence-electron chi connectivity index (χ2n) is 3.47. The Bertz CT molecular complexity index is 482. The summed E-state index contributed by atoms with van der Waals surface area (Å²) in [4.78, 5) is 10.5. The maximum absolute atomic E-state index is 10.5. The molecule has 5 heteroatoms. The highest BCUT2D eigenvalue weighted by Crippen LogP contribution is 2.17. The van der Waals surface area contributed by atoms with Crippen LogP contribution in [0.5, 0.6) is 5.75 Å². The van der Waals surface area contributed by atoms with Crippen LogP contribution in [-0.2, 0) is 4.79 Å². The summed E-state index contributed by atoms with van der Waals surface area (Å²) in [5.41, 5.74) is 5.74. The van der Waals surface area contributed by atoms with Crippen LogP contribution in [0.3, 0.4) is 0 Å². The zero-order valence-electron chi connectivity index (χ0n) is 9.72. The molecule has 1 rings (SSSR count). The van der Waals surface area contributed by atoms with Gasteiger partial charge in [0.15, 0.2) is 6.61 Å². The van der Waals surface area contributed by atoms with E-state index in [1.54, 1.807) is 24.3 Å². The number of hydrogen-bond acceptors (Lipinski definition) is 4. The number of terminal acetylenes is 1. The molecule has 3 N–H and O–H groups in total. The largest absolute Gasteiger partial charge is 0.484 e. The van der Waals surface area contributed by atoms with Gasteiger partial charge in [-0.15, -0.1) is 6.42 Å². The molecule has 0 aliphatic heterocycles. The number of nitriles is 1. The monoisotopic (exact) mass is 243 g/mol. The van der Waals surface area contributed by atoms with Gasteiger partial charge < -0.3 is 10.5 Å². The third-order valence-corrected chi connectivity index (χ3v) is 2.13. The van der Waals surface area contributed by atoms with Gasteiger partial charge in [-0.2, -0.15) is 5.26 Å². The summed E-state index contributed by atoms with van der Waals surface area (Å²) >= 11 is 0. The average molecular weight is 243 g/mol. The lowest BCUT2D eigenvalue weighted by atomic mass is 10.1. The second-order valence-corrected chi connectivity index (χ2v) is 3.47. The van der Waals surface area contributed by atoms with Crippen molar-refractivity contribution < 1.29 is 9.53 Å². The van der Waals surface area contributed by atoms with Crippen molar-refractivity contribution in [2.24, 2.45) is 5.73 Å². The van der Waals surface area contributed by atoms with Crippen molar-refractivity contribution in [2.45, 2.75) is 6.04 Å². The Morgan fingerprint density at radius 2 is 2.17 bits per heavy atom. The van der Waals surface area contributed by atoms with Crippen LogP contribution in [0.25, 0.3) is 0 Å². The smallest absolute Gasteiger partial charge is 0.255 e. The molecule has 18 heavy (non-hydrogen) atoms. The van der Waals surface area contributed by atoms with Crippen LogP contribution >= 0.6 is 0 Å². The Hall–Kier alpha value is -2.50. The Kier molecular flexibility index (Phi) is 5.24. The van der Waals surface area contributed by atoms with Gasteiger partial charge in [-0.25, -0.2) is 0 Å². The third-order valence-electron chi connectivity index (χ3n) is 2.13. The lowest BCUT2D eigenvalue weighted by molar-refractivity contribution is -0.119. The highest BCUT2D eigenvalue weighted by Gasteiger charge is 2.08. The lowest BCUT2D eigenvalue weighted by Gasteiger charge is -2.10. The van der Waals surface area contributed by atoms with Crippen molar-refractivity contribution in [1.82, 2.24) is 5.32 Å². The number of carbonyl (C=O) groups excluding carboxylic acids is 1. The van der Waals surface area contributed by atoms with E-state index < -0.39 is 11.9 Å². The van der Waals surface area contributed by atoms with Gasteiger partial charge in [0.25, 0.3) is 5.91 Å². The average Bonchev–Trinajstić information content (AvgIpc) is 2.38. The minimum atomic E-state index is -0.537. The topological polar surface area (TPSA) is 88.1 Å². The van der Waals surface area contributed by atoms with Crippen molar-refractivity contribution in [3.8, 4) is 24.2 Å². The normalized spacial score (nSPS) is 11.0. The van der Waals surface area contributed by atoms with Crippen molar-refractivity contribution in [1.29, 1.82) is 5.26 Å². The minimum Gasteiger partial charge on any atom is -0.484 e. The molecule has 5 nitrogen and oxygen atoms in total. The molecule has 0 saturated carbocycles. The summed E-state index contributed by atoms with van der Waals surface area (Å²) in [6.45, 7) is 0.147. The predicted octanol–water partition coefficient (Wildman–Crippen LogP) is 0.338. The summed E-state index contributed by atoms with van der Waals surface area (Å²) in [6.07, 6.45) is 5.12. The molecule has 1 amide bonds. The van der Waals surface area contributed by atoms with Crippen molar-refractivity contribution in [3.63, 3.8) is 0 Å². The Morgan fingerprint density at radius 3 is 2.67 bits per heavy atom. The van der Waals surface area contributed by atoms with Gasteiger partial charge in [-0.05, 0) is 17.7 Å². The van der Waals surface area contributed by atoms with Crippen LogP contribution in [0.15, 0.2) is 24.3 Å². The number of nitrogens with two attached hydrogens (primary N) is 1. The van der Waals surface area contributed by atoms with Gasteiger partial charge in [0.1, 0.15) is 11.8 Å². The molecule has 0 aromatic heterocycles. The summed E-state index contributed by atoms with van der Waals surface area (Å²) in [7, 11) is 0. The van der Waals surface area contributed by atoms with E-state index in [-0.39, 0.29) is 6.61 Å². The van der Waals surface area contributed by atoms with Gasteiger partial charge in [0.05, 0.1) is 12.6 Å². The minimum absolute atomic E-state index is 0.170. The molecule has 0 fully saturated rings. The van der Waals surface area contributed by atoms with E-state index >= 15 is 0 Å². The van der Waals surface area contributed by atoms with Crippen LogP contribution in [0.1, 0.15) is 11.6 Å². The number of benzene rings is 1. The van der Waals surface area contributed by atoms with Gasteiger partial charge in [-0.3, -0.25) is 10.1 Å². The first-order valence-electron chi connectivity index (χ1n) is 5.25. The number of nitrogens with one attached hydrogen (secondary N) is 1. The number of nitrogens with zero attached hydrogens (tertiary/aromatic N) is 1. The van der Waals surface area contributed by atoms with Crippen LogP contribution in [-0.4, -0.2) is 19.1 Å². The molecule has 0 radical (unpaired) electrons. The molecule has 0 heterocycles.